The van der Waals surface area contributed by atoms with Crippen LogP contribution < -0.4 is 20.5 Å². The molecule has 0 saturated carbocycles. The lowest BCUT2D eigenvalue weighted by Gasteiger charge is -2.14. The van der Waals surface area contributed by atoms with Crippen LogP contribution in [0.15, 0.2) is 23.6 Å². The Kier molecular flexibility index (Phi) is 10.5. The van der Waals surface area contributed by atoms with Gasteiger partial charge in [0.2, 0.25) is 5.91 Å². The van der Waals surface area contributed by atoms with Crippen LogP contribution in [0.5, 0.6) is 11.5 Å². The first-order chi connectivity index (χ1) is 11.9. The summed E-state index contributed by atoms with van der Waals surface area (Å²) in [5.74, 6) is -2.47. The highest BCUT2D eigenvalue weighted by atomic mass is 35.5. The van der Waals surface area contributed by atoms with Gasteiger partial charge < -0.3 is 20.5 Å². The van der Waals surface area contributed by atoms with E-state index in [9.17, 15) is 13.6 Å². The number of aromatic nitrogens is 1. The minimum atomic E-state index is -3.11. The van der Waals surface area contributed by atoms with Gasteiger partial charge in [-0.1, -0.05) is 0 Å². The van der Waals surface area contributed by atoms with Crippen molar-refractivity contribution in [2.45, 2.75) is 12.3 Å². The fourth-order valence-electron chi connectivity index (χ4n) is 2.02. The number of benzene rings is 1. The van der Waals surface area contributed by atoms with Gasteiger partial charge in [-0.05, 0) is 18.2 Å². The van der Waals surface area contributed by atoms with Gasteiger partial charge in [-0.3, -0.25) is 4.79 Å². The van der Waals surface area contributed by atoms with E-state index in [1.165, 1.54) is 18.4 Å². The second kappa shape index (κ2) is 11.2. The molecule has 2 aromatic rings. The molecular weight excluding hydrogens is 423 g/mol. The predicted molar refractivity (Wildman–Crippen MR) is 106 cm³/mol. The van der Waals surface area contributed by atoms with E-state index in [-0.39, 0.29) is 31.2 Å². The molecule has 0 aliphatic carbocycles. The zero-order valence-electron chi connectivity index (χ0n) is 14.7. The Hall–Kier alpha value is -1.68. The Morgan fingerprint density at radius 3 is 2.52 bits per heavy atom. The van der Waals surface area contributed by atoms with Crippen molar-refractivity contribution >= 4 is 42.1 Å². The summed E-state index contributed by atoms with van der Waals surface area (Å²) >= 11 is 1.35. The summed E-state index contributed by atoms with van der Waals surface area (Å²) < 4.78 is 36.5. The summed E-state index contributed by atoms with van der Waals surface area (Å²) in [6.07, 6.45) is -0.0789. The number of nitrogens with one attached hydrogen (secondary N) is 1. The van der Waals surface area contributed by atoms with Crippen LogP contribution in [-0.2, 0) is 11.2 Å². The number of nitrogens with zero attached hydrogens (tertiary/aromatic N) is 1. The summed E-state index contributed by atoms with van der Waals surface area (Å²) in [6.45, 7) is -1.59. The Bertz CT molecular complexity index is 747. The van der Waals surface area contributed by atoms with Crippen molar-refractivity contribution in [2.75, 3.05) is 27.3 Å². The summed E-state index contributed by atoms with van der Waals surface area (Å²) in [7, 11) is 3.09. The third kappa shape index (κ3) is 7.10. The lowest BCUT2D eigenvalue weighted by molar-refractivity contribution is -0.122. The highest BCUT2D eigenvalue weighted by Crippen LogP contribution is 2.33. The van der Waals surface area contributed by atoms with Crippen LogP contribution in [0.1, 0.15) is 5.69 Å². The lowest BCUT2D eigenvalue weighted by atomic mass is 10.2. The van der Waals surface area contributed by atoms with Crippen LogP contribution in [0.2, 0.25) is 0 Å². The minimum absolute atomic E-state index is 0. The van der Waals surface area contributed by atoms with Gasteiger partial charge in [0.1, 0.15) is 5.01 Å². The van der Waals surface area contributed by atoms with Crippen molar-refractivity contribution in [1.82, 2.24) is 10.3 Å². The van der Waals surface area contributed by atoms with Crippen molar-refractivity contribution in [1.29, 1.82) is 0 Å². The molecule has 6 nitrogen and oxygen atoms in total. The maximum absolute atomic E-state index is 13.0. The van der Waals surface area contributed by atoms with E-state index in [2.05, 4.69) is 10.3 Å². The van der Waals surface area contributed by atoms with Crippen LogP contribution in [-0.4, -0.2) is 44.1 Å². The summed E-state index contributed by atoms with van der Waals surface area (Å²) in [5, 5.41) is 4.57. The Morgan fingerprint density at radius 1 is 1.26 bits per heavy atom. The number of nitrogens with two attached hydrogens (primary N) is 1. The van der Waals surface area contributed by atoms with E-state index >= 15 is 0 Å². The van der Waals surface area contributed by atoms with Gasteiger partial charge in [0.15, 0.2) is 11.5 Å². The average Bonchev–Trinajstić information content (AvgIpc) is 3.08. The molecule has 1 amide bonds. The molecule has 0 aliphatic heterocycles. The molecule has 1 heterocycles. The molecule has 0 unspecified atom stereocenters. The fraction of sp³-hybridized carbons (Fsp3) is 0.375. The van der Waals surface area contributed by atoms with E-state index in [1.807, 2.05) is 6.07 Å². The van der Waals surface area contributed by atoms with Crippen LogP contribution >= 0.6 is 36.2 Å². The minimum Gasteiger partial charge on any atom is -0.493 e. The second-order valence-corrected chi connectivity index (χ2v) is 6.09. The zero-order valence-corrected chi connectivity index (χ0v) is 17.1. The normalized spacial score (nSPS) is 10.4. The molecule has 0 saturated heterocycles. The number of halogens is 4. The molecular formula is C16H21Cl2F2N3O3S. The predicted octanol–water partition coefficient (Wildman–Crippen LogP) is 2.92. The molecule has 0 fully saturated rings. The fourth-order valence-corrected chi connectivity index (χ4v) is 2.83. The first-order valence-corrected chi connectivity index (χ1v) is 8.28. The molecule has 11 heteroatoms. The lowest BCUT2D eigenvalue weighted by Crippen LogP contribution is -2.42. The molecule has 3 N–H and O–H groups in total. The average molecular weight is 444 g/mol. The third-order valence-electron chi connectivity index (χ3n) is 3.37. The van der Waals surface area contributed by atoms with Crippen molar-refractivity contribution in [3.8, 4) is 22.1 Å². The maximum atomic E-state index is 13.0. The summed E-state index contributed by atoms with van der Waals surface area (Å²) in [5.41, 5.74) is 6.24. The van der Waals surface area contributed by atoms with E-state index in [0.717, 1.165) is 5.56 Å². The SMILES string of the molecule is COc1ccc(-c2nc(CC(=O)NCC(F)(F)CN)cs2)cc1OC.Cl.Cl. The molecule has 1 aromatic carbocycles. The molecule has 2 rings (SSSR count). The van der Waals surface area contributed by atoms with E-state index in [1.54, 1.807) is 24.6 Å². The Balaban J connectivity index is 0.00000338. The summed E-state index contributed by atoms with van der Waals surface area (Å²) in [6, 6.07) is 5.37. The molecule has 0 aliphatic rings. The molecule has 0 spiro atoms. The standard InChI is InChI=1S/C16H19F2N3O3S.2ClH/c1-23-12-4-3-10(5-13(12)24-2)15-21-11(7-25-15)6-14(22)20-9-16(17,18)8-19;;/h3-5,7H,6,8-9,19H2,1-2H3,(H,20,22);2*1H. The van der Waals surface area contributed by atoms with E-state index in [4.69, 9.17) is 15.2 Å². The number of hydrogen-bond acceptors (Lipinski definition) is 6. The molecule has 0 radical (unpaired) electrons. The maximum Gasteiger partial charge on any atom is 0.277 e. The number of amides is 1. The monoisotopic (exact) mass is 443 g/mol. The van der Waals surface area contributed by atoms with E-state index < -0.39 is 24.9 Å². The molecule has 0 bridgehead atoms. The highest BCUT2D eigenvalue weighted by Gasteiger charge is 2.27. The number of carbonyl (C=O) groups excluding carboxylic acids is 1. The van der Waals surface area contributed by atoms with Gasteiger partial charge in [0.25, 0.3) is 5.92 Å². The van der Waals surface area contributed by atoms with Crippen molar-refractivity contribution in [2.24, 2.45) is 5.73 Å². The Morgan fingerprint density at radius 2 is 1.93 bits per heavy atom. The number of ether oxygens (including phenoxy) is 2. The second-order valence-electron chi connectivity index (χ2n) is 5.23. The Labute approximate surface area is 172 Å². The van der Waals surface area contributed by atoms with Crippen molar-refractivity contribution < 1.29 is 23.0 Å². The van der Waals surface area contributed by atoms with Gasteiger partial charge in [-0.15, -0.1) is 36.2 Å². The van der Waals surface area contributed by atoms with Crippen LogP contribution in [0.4, 0.5) is 8.78 Å². The molecule has 0 atom stereocenters. The topological polar surface area (TPSA) is 86.5 Å². The number of rotatable bonds is 8. The van der Waals surface area contributed by atoms with Crippen molar-refractivity contribution in [3.05, 3.63) is 29.3 Å². The quantitative estimate of drug-likeness (QED) is 0.654. The summed E-state index contributed by atoms with van der Waals surface area (Å²) in [4.78, 5) is 16.1. The number of hydrogen-bond donors (Lipinski definition) is 2. The number of thiazole rings is 1. The zero-order chi connectivity index (χ0) is 18.4. The largest absolute Gasteiger partial charge is 0.493 e. The number of methoxy groups -OCH3 is 2. The molecule has 152 valence electrons. The molecule has 1 aromatic heterocycles. The van der Waals surface area contributed by atoms with Crippen LogP contribution in [0.25, 0.3) is 10.6 Å². The van der Waals surface area contributed by atoms with Gasteiger partial charge >= 0.3 is 0 Å². The first kappa shape index (κ1) is 25.3. The molecule has 27 heavy (non-hydrogen) atoms. The van der Waals surface area contributed by atoms with Gasteiger partial charge in [0, 0.05) is 10.9 Å². The van der Waals surface area contributed by atoms with Crippen molar-refractivity contribution in [3.63, 3.8) is 0 Å². The van der Waals surface area contributed by atoms with Gasteiger partial charge in [-0.25, -0.2) is 13.8 Å². The van der Waals surface area contributed by atoms with Gasteiger partial charge in [0.05, 0.1) is 39.4 Å². The van der Waals surface area contributed by atoms with Gasteiger partial charge in [-0.2, -0.15) is 0 Å². The third-order valence-corrected chi connectivity index (χ3v) is 4.31. The van der Waals surface area contributed by atoms with Crippen LogP contribution in [0.3, 0.4) is 0 Å². The smallest absolute Gasteiger partial charge is 0.277 e. The van der Waals surface area contributed by atoms with E-state index in [0.29, 0.717) is 22.2 Å². The van der Waals surface area contributed by atoms with Crippen LogP contribution in [0, 0.1) is 0 Å². The highest BCUT2D eigenvalue weighted by molar-refractivity contribution is 7.13. The first-order valence-electron chi connectivity index (χ1n) is 7.40. The number of carbonyl (C=O) groups is 1. The number of alkyl halides is 2.